The molecule has 1 aliphatic heterocycles. The molecule has 0 fully saturated rings. The number of aromatic nitrogens is 2. The second-order valence-corrected chi connectivity index (χ2v) is 6.03. The maximum atomic E-state index is 5.83. The van der Waals surface area contributed by atoms with Gasteiger partial charge in [-0.15, -0.1) is 0 Å². The van der Waals surface area contributed by atoms with Crippen molar-refractivity contribution in [3.05, 3.63) is 46.3 Å². The lowest BCUT2D eigenvalue weighted by Gasteiger charge is -2.24. The van der Waals surface area contributed by atoms with Crippen LogP contribution in [0.1, 0.15) is 30.7 Å². The molecule has 110 valence electrons. The Kier molecular flexibility index (Phi) is 4.39. The van der Waals surface area contributed by atoms with E-state index in [0.29, 0.717) is 6.61 Å². The summed E-state index contributed by atoms with van der Waals surface area (Å²) in [7, 11) is 0. The van der Waals surface area contributed by atoms with Crippen LogP contribution in [0.25, 0.3) is 0 Å². The van der Waals surface area contributed by atoms with Gasteiger partial charge in [-0.25, -0.2) is 9.97 Å². The summed E-state index contributed by atoms with van der Waals surface area (Å²) in [6, 6.07) is 8.17. The highest BCUT2D eigenvalue weighted by atomic mass is 79.9. The third-order valence-electron chi connectivity index (χ3n) is 3.55. The molecule has 1 aromatic heterocycles. The quantitative estimate of drug-likeness (QED) is 0.914. The third-order valence-corrected chi connectivity index (χ3v) is 4.13. The number of rotatable bonds is 4. The van der Waals surface area contributed by atoms with Crippen molar-refractivity contribution in [2.45, 2.75) is 25.7 Å². The largest absolute Gasteiger partial charge is 0.493 e. The van der Waals surface area contributed by atoms with Crippen LogP contribution in [0.5, 0.6) is 5.75 Å². The van der Waals surface area contributed by atoms with Gasteiger partial charge in [-0.3, -0.25) is 0 Å². The van der Waals surface area contributed by atoms with Crippen LogP contribution in [0.3, 0.4) is 0 Å². The highest BCUT2D eigenvalue weighted by Gasteiger charge is 2.23. The zero-order valence-electron chi connectivity index (χ0n) is 12.0. The molecule has 1 aliphatic rings. The maximum Gasteiger partial charge on any atom is 0.144 e. The van der Waals surface area contributed by atoms with Gasteiger partial charge in [0.2, 0.25) is 0 Å². The number of fused-ring (bicyclic) bond motifs is 1. The minimum absolute atomic E-state index is 0.204. The molecule has 0 saturated carbocycles. The van der Waals surface area contributed by atoms with Gasteiger partial charge in [-0.1, -0.05) is 25.1 Å². The monoisotopic (exact) mass is 347 g/mol. The Balaban J connectivity index is 1.81. The molecule has 0 spiro atoms. The van der Waals surface area contributed by atoms with E-state index in [1.54, 1.807) is 0 Å². The second kappa shape index (κ2) is 6.43. The summed E-state index contributed by atoms with van der Waals surface area (Å²) >= 11 is 3.49. The number of anilines is 1. The van der Waals surface area contributed by atoms with E-state index in [9.17, 15) is 0 Å². The van der Waals surface area contributed by atoms with E-state index in [1.807, 2.05) is 24.4 Å². The molecule has 0 saturated heterocycles. The first-order valence-corrected chi connectivity index (χ1v) is 8.04. The van der Waals surface area contributed by atoms with Crippen molar-refractivity contribution in [3.63, 3.8) is 0 Å². The molecule has 2 aromatic rings. The second-order valence-electron chi connectivity index (χ2n) is 5.17. The molecular formula is C16H18BrN3O. The molecular weight excluding hydrogens is 330 g/mol. The van der Waals surface area contributed by atoms with Crippen molar-refractivity contribution in [3.8, 4) is 5.75 Å². The van der Waals surface area contributed by atoms with Gasteiger partial charge in [0.05, 0.1) is 17.0 Å². The minimum atomic E-state index is 0.204. The lowest BCUT2D eigenvalue weighted by atomic mass is 9.96. The van der Waals surface area contributed by atoms with E-state index < -0.39 is 0 Å². The highest BCUT2D eigenvalue weighted by Crippen LogP contribution is 2.31. The SMILES string of the molecule is CCCNc1nc(C2COc3ccccc3C2)ncc1Br. The molecule has 3 rings (SSSR count). The fourth-order valence-corrected chi connectivity index (χ4v) is 2.77. The van der Waals surface area contributed by atoms with Gasteiger partial charge >= 0.3 is 0 Å². The molecule has 1 unspecified atom stereocenters. The summed E-state index contributed by atoms with van der Waals surface area (Å²) in [4.78, 5) is 9.12. The normalized spacial score (nSPS) is 17.0. The Hall–Kier alpha value is -1.62. The van der Waals surface area contributed by atoms with Crippen LogP contribution < -0.4 is 10.1 Å². The van der Waals surface area contributed by atoms with Crippen LogP contribution in [-0.4, -0.2) is 23.1 Å². The zero-order chi connectivity index (χ0) is 14.7. The van der Waals surface area contributed by atoms with Gasteiger partial charge in [0.15, 0.2) is 0 Å². The average molecular weight is 348 g/mol. The third kappa shape index (κ3) is 3.18. The molecule has 1 N–H and O–H groups in total. The molecule has 1 atom stereocenters. The van der Waals surface area contributed by atoms with Gasteiger partial charge in [0, 0.05) is 12.7 Å². The van der Waals surface area contributed by atoms with Crippen LogP contribution in [-0.2, 0) is 6.42 Å². The summed E-state index contributed by atoms with van der Waals surface area (Å²) in [6.07, 6.45) is 3.80. The van der Waals surface area contributed by atoms with E-state index in [-0.39, 0.29) is 5.92 Å². The van der Waals surface area contributed by atoms with Gasteiger partial charge < -0.3 is 10.1 Å². The molecule has 0 amide bonds. The Morgan fingerprint density at radius 1 is 1.38 bits per heavy atom. The average Bonchev–Trinajstić information content (AvgIpc) is 2.53. The first-order valence-electron chi connectivity index (χ1n) is 7.25. The predicted molar refractivity (Wildman–Crippen MR) is 86.9 cm³/mol. The Morgan fingerprint density at radius 2 is 2.24 bits per heavy atom. The van der Waals surface area contributed by atoms with Crippen LogP contribution in [0.2, 0.25) is 0 Å². The Labute approximate surface area is 133 Å². The summed E-state index contributed by atoms with van der Waals surface area (Å²) < 4.78 is 6.73. The molecule has 1 aromatic carbocycles. The number of halogens is 1. The van der Waals surface area contributed by atoms with Gasteiger partial charge in [0.25, 0.3) is 0 Å². The Morgan fingerprint density at radius 3 is 3.10 bits per heavy atom. The molecule has 2 heterocycles. The first-order chi connectivity index (χ1) is 10.3. The van der Waals surface area contributed by atoms with Crippen molar-refractivity contribution in [1.29, 1.82) is 0 Å². The van der Waals surface area contributed by atoms with E-state index in [2.05, 4.69) is 44.2 Å². The van der Waals surface area contributed by atoms with Crippen molar-refractivity contribution in [1.82, 2.24) is 9.97 Å². The Bertz CT molecular complexity index is 633. The van der Waals surface area contributed by atoms with Gasteiger partial charge in [-0.05, 0) is 40.4 Å². The topological polar surface area (TPSA) is 47.0 Å². The number of nitrogens with one attached hydrogen (secondary N) is 1. The number of nitrogens with zero attached hydrogens (tertiary/aromatic N) is 2. The number of para-hydroxylation sites is 1. The van der Waals surface area contributed by atoms with E-state index in [4.69, 9.17) is 4.74 Å². The van der Waals surface area contributed by atoms with Crippen molar-refractivity contribution in [2.24, 2.45) is 0 Å². The van der Waals surface area contributed by atoms with Gasteiger partial charge in [-0.2, -0.15) is 0 Å². The maximum absolute atomic E-state index is 5.83. The van der Waals surface area contributed by atoms with Crippen molar-refractivity contribution in [2.75, 3.05) is 18.5 Å². The van der Waals surface area contributed by atoms with Crippen LogP contribution >= 0.6 is 15.9 Å². The number of hydrogen-bond acceptors (Lipinski definition) is 4. The lowest BCUT2D eigenvalue weighted by Crippen LogP contribution is -2.21. The fourth-order valence-electron chi connectivity index (χ4n) is 2.44. The zero-order valence-corrected chi connectivity index (χ0v) is 13.6. The van der Waals surface area contributed by atoms with Crippen molar-refractivity contribution >= 4 is 21.7 Å². The molecule has 0 radical (unpaired) electrons. The fraction of sp³-hybridized carbons (Fsp3) is 0.375. The lowest BCUT2D eigenvalue weighted by molar-refractivity contribution is 0.258. The molecule has 0 aliphatic carbocycles. The van der Waals surface area contributed by atoms with E-state index >= 15 is 0 Å². The van der Waals surface area contributed by atoms with Crippen molar-refractivity contribution < 1.29 is 4.74 Å². The smallest absolute Gasteiger partial charge is 0.144 e. The highest BCUT2D eigenvalue weighted by molar-refractivity contribution is 9.10. The summed E-state index contributed by atoms with van der Waals surface area (Å²) in [5, 5.41) is 3.32. The first kappa shape index (κ1) is 14.3. The van der Waals surface area contributed by atoms with Crippen LogP contribution in [0.15, 0.2) is 34.9 Å². The summed E-state index contributed by atoms with van der Waals surface area (Å²) in [5.74, 6) is 2.89. The van der Waals surface area contributed by atoms with Gasteiger partial charge in [0.1, 0.15) is 17.4 Å². The van der Waals surface area contributed by atoms with Crippen LogP contribution in [0.4, 0.5) is 5.82 Å². The number of hydrogen-bond donors (Lipinski definition) is 1. The molecule has 0 bridgehead atoms. The van der Waals surface area contributed by atoms with Crippen LogP contribution in [0, 0.1) is 0 Å². The number of benzene rings is 1. The standard InChI is InChI=1S/C16H18BrN3O/c1-2-7-18-16-13(17)9-19-15(20-16)12-8-11-5-3-4-6-14(11)21-10-12/h3-6,9,12H,2,7-8,10H2,1H3,(H,18,19,20). The molecule has 4 nitrogen and oxygen atoms in total. The minimum Gasteiger partial charge on any atom is -0.493 e. The summed E-state index contributed by atoms with van der Waals surface area (Å²) in [5.41, 5.74) is 1.23. The van der Waals surface area contributed by atoms with E-state index in [1.165, 1.54) is 5.56 Å². The number of ether oxygens (including phenoxy) is 1. The molecule has 21 heavy (non-hydrogen) atoms. The molecule has 5 heteroatoms. The predicted octanol–water partition coefficient (Wildman–Crippen LogP) is 3.78. The summed E-state index contributed by atoms with van der Waals surface area (Å²) in [6.45, 7) is 3.67. The van der Waals surface area contributed by atoms with E-state index in [0.717, 1.165) is 41.3 Å².